The molecule has 0 N–H and O–H groups in total. The van der Waals surface area contributed by atoms with Crippen LogP contribution in [0.4, 0.5) is 17.1 Å². The molecule has 0 fully saturated rings. The lowest BCUT2D eigenvalue weighted by atomic mass is 9.99. The molecular formula is C46H29NO. The number of rotatable bonds is 4. The van der Waals surface area contributed by atoms with Gasteiger partial charge in [0, 0.05) is 27.8 Å². The summed E-state index contributed by atoms with van der Waals surface area (Å²) in [7, 11) is 0. The molecule has 0 saturated carbocycles. The van der Waals surface area contributed by atoms with E-state index in [2.05, 4.69) is 169 Å². The van der Waals surface area contributed by atoms with Gasteiger partial charge in [0.25, 0.3) is 0 Å². The highest BCUT2D eigenvalue weighted by Gasteiger charge is 2.16. The lowest BCUT2D eigenvalue weighted by Gasteiger charge is -2.27. The lowest BCUT2D eigenvalue weighted by molar-refractivity contribution is 0.669. The summed E-state index contributed by atoms with van der Waals surface area (Å²) in [4.78, 5) is 2.39. The number of para-hydroxylation sites is 1. The van der Waals surface area contributed by atoms with E-state index >= 15 is 0 Å². The summed E-state index contributed by atoms with van der Waals surface area (Å²) in [6.45, 7) is 0. The minimum Gasteiger partial charge on any atom is -0.456 e. The molecule has 0 atom stereocenters. The zero-order valence-electron chi connectivity index (χ0n) is 26.1. The van der Waals surface area contributed by atoms with Gasteiger partial charge in [-0.15, -0.1) is 0 Å². The van der Waals surface area contributed by atoms with E-state index in [4.69, 9.17) is 4.42 Å². The van der Waals surface area contributed by atoms with Crippen LogP contribution >= 0.6 is 0 Å². The molecule has 0 saturated heterocycles. The van der Waals surface area contributed by atoms with Crippen LogP contribution in [0.2, 0.25) is 0 Å². The third-order valence-corrected chi connectivity index (χ3v) is 9.81. The third kappa shape index (κ3) is 4.27. The Bertz CT molecular complexity index is 2720. The molecule has 2 heteroatoms. The fraction of sp³-hybridized carbons (Fsp3) is 0. The fourth-order valence-electron chi connectivity index (χ4n) is 7.41. The number of benzene rings is 9. The maximum Gasteiger partial charge on any atom is 0.135 e. The molecule has 0 aliphatic carbocycles. The van der Waals surface area contributed by atoms with E-state index in [-0.39, 0.29) is 0 Å². The summed E-state index contributed by atoms with van der Waals surface area (Å²) >= 11 is 0. The third-order valence-electron chi connectivity index (χ3n) is 9.81. The number of hydrogen-bond donors (Lipinski definition) is 0. The van der Waals surface area contributed by atoms with Crippen molar-refractivity contribution in [1.82, 2.24) is 0 Å². The summed E-state index contributed by atoms with van der Waals surface area (Å²) in [5.41, 5.74) is 7.52. The number of furan rings is 1. The molecule has 0 amide bonds. The van der Waals surface area contributed by atoms with Gasteiger partial charge in [-0.1, -0.05) is 121 Å². The topological polar surface area (TPSA) is 16.4 Å². The average molecular weight is 612 g/mol. The molecular weight excluding hydrogens is 583 g/mol. The molecule has 1 aromatic heterocycles. The van der Waals surface area contributed by atoms with Crippen LogP contribution in [0.3, 0.4) is 0 Å². The van der Waals surface area contributed by atoms with Gasteiger partial charge in [-0.25, -0.2) is 0 Å². The molecule has 0 aliphatic rings. The minimum atomic E-state index is 0.912. The second kappa shape index (κ2) is 10.6. The normalized spacial score (nSPS) is 11.8. The van der Waals surface area contributed by atoms with Crippen LogP contribution in [0.25, 0.3) is 76.2 Å². The van der Waals surface area contributed by atoms with Crippen LogP contribution in [-0.4, -0.2) is 0 Å². The predicted octanol–water partition coefficient (Wildman–Crippen LogP) is 13.3. The number of fused-ring (bicyclic) bond motifs is 9. The van der Waals surface area contributed by atoms with E-state index in [1.54, 1.807) is 0 Å². The highest BCUT2D eigenvalue weighted by atomic mass is 16.3. The second-order valence-electron chi connectivity index (χ2n) is 12.6. The second-order valence-corrected chi connectivity index (χ2v) is 12.6. The van der Waals surface area contributed by atoms with Gasteiger partial charge in [-0.2, -0.15) is 0 Å². The predicted molar refractivity (Wildman–Crippen MR) is 204 cm³/mol. The Labute approximate surface area is 277 Å². The summed E-state index contributed by atoms with van der Waals surface area (Å²) in [6.07, 6.45) is 0. The van der Waals surface area contributed by atoms with Gasteiger partial charge in [0.2, 0.25) is 0 Å². The van der Waals surface area contributed by atoms with E-state index in [9.17, 15) is 0 Å². The van der Waals surface area contributed by atoms with Gasteiger partial charge >= 0.3 is 0 Å². The highest BCUT2D eigenvalue weighted by Crippen LogP contribution is 2.41. The maximum absolute atomic E-state index is 6.10. The van der Waals surface area contributed by atoms with Crippen molar-refractivity contribution in [3.8, 4) is 11.1 Å². The Morgan fingerprint density at radius 3 is 1.38 bits per heavy atom. The smallest absolute Gasteiger partial charge is 0.135 e. The molecule has 10 aromatic rings. The summed E-state index contributed by atoms with van der Waals surface area (Å²) in [5, 5.41) is 12.3. The largest absolute Gasteiger partial charge is 0.456 e. The number of nitrogens with zero attached hydrogens (tertiary/aromatic N) is 1. The monoisotopic (exact) mass is 611 g/mol. The van der Waals surface area contributed by atoms with Crippen LogP contribution in [0.5, 0.6) is 0 Å². The molecule has 48 heavy (non-hydrogen) atoms. The Hall–Kier alpha value is -6.38. The van der Waals surface area contributed by atoms with Crippen LogP contribution in [0.15, 0.2) is 180 Å². The van der Waals surface area contributed by atoms with Crippen LogP contribution in [-0.2, 0) is 0 Å². The summed E-state index contributed by atoms with van der Waals surface area (Å²) < 4.78 is 6.10. The molecule has 224 valence electrons. The Morgan fingerprint density at radius 1 is 0.292 bits per heavy atom. The Balaban J connectivity index is 1.15. The summed E-state index contributed by atoms with van der Waals surface area (Å²) in [6, 6.07) is 63.6. The first-order valence-corrected chi connectivity index (χ1v) is 16.4. The quantitative estimate of drug-likeness (QED) is 0.184. The molecule has 0 radical (unpaired) electrons. The van der Waals surface area contributed by atoms with E-state index in [1.165, 1.54) is 54.2 Å². The molecule has 10 rings (SSSR count). The van der Waals surface area contributed by atoms with Crippen molar-refractivity contribution >= 4 is 82.1 Å². The molecule has 9 aromatic carbocycles. The van der Waals surface area contributed by atoms with Crippen LogP contribution < -0.4 is 4.90 Å². The van der Waals surface area contributed by atoms with Gasteiger partial charge in [0.1, 0.15) is 11.2 Å². The van der Waals surface area contributed by atoms with Crippen molar-refractivity contribution in [1.29, 1.82) is 0 Å². The van der Waals surface area contributed by atoms with Crippen molar-refractivity contribution in [2.24, 2.45) is 0 Å². The molecule has 0 unspecified atom stereocenters. The van der Waals surface area contributed by atoms with E-state index in [0.29, 0.717) is 0 Å². The van der Waals surface area contributed by atoms with Crippen molar-refractivity contribution < 1.29 is 4.42 Å². The zero-order valence-corrected chi connectivity index (χ0v) is 26.1. The molecule has 1 heterocycles. The maximum atomic E-state index is 6.10. The number of hydrogen-bond acceptors (Lipinski definition) is 2. The first-order chi connectivity index (χ1) is 23.8. The van der Waals surface area contributed by atoms with Gasteiger partial charge in [-0.3, -0.25) is 0 Å². The molecule has 0 spiro atoms. The fourth-order valence-corrected chi connectivity index (χ4v) is 7.41. The number of anilines is 3. The SMILES string of the molecule is c1ccc2c(c1)ccc1ccc(N(c3ccc(-c4ccc5oc6ccccc6c5c4)cc3)c3ccc4ccc5ccccc5c4c3)cc12. The van der Waals surface area contributed by atoms with E-state index in [0.717, 1.165) is 39.0 Å². The minimum absolute atomic E-state index is 0.912. The lowest BCUT2D eigenvalue weighted by Crippen LogP contribution is -2.10. The van der Waals surface area contributed by atoms with Gasteiger partial charge in [0.05, 0.1) is 0 Å². The van der Waals surface area contributed by atoms with Crippen molar-refractivity contribution in [3.63, 3.8) is 0 Å². The molecule has 0 aliphatic heterocycles. The average Bonchev–Trinajstić information content (AvgIpc) is 3.53. The first-order valence-electron chi connectivity index (χ1n) is 16.4. The summed E-state index contributed by atoms with van der Waals surface area (Å²) in [5.74, 6) is 0. The Morgan fingerprint density at radius 2 is 0.750 bits per heavy atom. The van der Waals surface area contributed by atoms with Gasteiger partial charge in [0.15, 0.2) is 0 Å². The van der Waals surface area contributed by atoms with Gasteiger partial charge in [-0.05, 0) is 109 Å². The standard InChI is InChI=1S/C46H29NO/c1-3-9-39-31(7-1)13-15-33-19-24-37(28-42(33)39)47(38-25-20-34-16-14-32-8-2-4-10-40(32)43(34)29-38)36-22-17-30(18-23-36)35-21-26-46-44(27-35)41-11-5-6-12-45(41)48-46/h1-29H. The van der Waals surface area contributed by atoms with Crippen molar-refractivity contribution in [2.75, 3.05) is 4.90 Å². The zero-order chi connectivity index (χ0) is 31.6. The molecule has 0 bridgehead atoms. The first kappa shape index (κ1) is 26.8. The molecule has 2 nitrogen and oxygen atoms in total. The van der Waals surface area contributed by atoms with Crippen LogP contribution in [0, 0.1) is 0 Å². The van der Waals surface area contributed by atoms with E-state index < -0.39 is 0 Å². The van der Waals surface area contributed by atoms with Crippen molar-refractivity contribution in [2.45, 2.75) is 0 Å². The van der Waals surface area contributed by atoms with E-state index in [1.807, 2.05) is 12.1 Å². The van der Waals surface area contributed by atoms with Gasteiger partial charge < -0.3 is 9.32 Å². The Kier molecular flexibility index (Phi) is 5.91. The highest BCUT2D eigenvalue weighted by molar-refractivity contribution is 6.11. The van der Waals surface area contributed by atoms with Crippen LogP contribution in [0.1, 0.15) is 0 Å². The van der Waals surface area contributed by atoms with Crippen molar-refractivity contribution in [3.05, 3.63) is 176 Å².